The molecule has 0 spiro atoms. The van der Waals surface area contributed by atoms with Crippen molar-refractivity contribution >= 4 is 35.8 Å². The molecular weight excluding hydrogens is 805 g/mol. The van der Waals surface area contributed by atoms with Crippen LogP contribution in [-0.4, -0.2) is 113 Å². The second-order valence-corrected chi connectivity index (χ2v) is 17.8. The molecule has 348 valence electrons. The van der Waals surface area contributed by atoms with E-state index in [-0.39, 0.29) is 57.0 Å². The number of aliphatic carboxylic acids is 2. The smallest absolute Gasteiger partial charge is 0.410 e. The average molecular weight is 877 g/mol. The Kier molecular flexibility index (Phi) is 20.9. The van der Waals surface area contributed by atoms with Gasteiger partial charge in [0.15, 0.2) is 0 Å². The number of benzene rings is 2. The molecule has 0 aromatic heterocycles. The Morgan fingerprint density at radius 1 is 0.794 bits per heavy atom. The maximum atomic E-state index is 14.0. The third-order valence-electron chi connectivity index (χ3n) is 12.4. The number of carbonyl (C=O) groups is 6. The molecule has 14 nitrogen and oxygen atoms in total. The average Bonchev–Trinajstić information content (AvgIpc) is 3.56. The van der Waals surface area contributed by atoms with Crippen LogP contribution in [0.15, 0.2) is 48.5 Å². The minimum Gasteiger partial charge on any atom is -0.481 e. The van der Waals surface area contributed by atoms with Gasteiger partial charge in [-0.3, -0.25) is 28.9 Å². The molecule has 5 atom stereocenters. The lowest BCUT2D eigenvalue weighted by molar-refractivity contribution is -0.157. The largest absolute Gasteiger partial charge is 0.481 e. The number of esters is 1. The highest BCUT2D eigenvalue weighted by molar-refractivity contribution is 5.92. The predicted molar refractivity (Wildman–Crippen MR) is 241 cm³/mol. The number of hydrogen-bond acceptors (Lipinski definition) is 9. The zero-order chi connectivity index (χ0) is 45.9. The summed E-state index contributed by atoms with van der Waals surface area (Å²) in [6, 6.07) is 13.3. The van der Waals surface area contributed by atoms with Gasteiger partial charge in [0.05, 0.1) is 12.8 Å². The molecule has 4 N–H and O–H groups in total. The van der Waals surface area contributed by atoms with Gasteiger partial charge in [0.25, 0.3) is 0 Å². The van der Waals surface area contributed by atoms with E-state index in [1.54, 1.807) is 0 Å². The third-order valence-corrected chi connectivity index (χ3v) is 12.4. The number of nitrogens with zero attached hydrogens (tertiary/aromatic N) is 2. The Morgan fingerprint density at radius 3 is 1.94 bits per heavy atom. The van der Waals surface area contributed by atoms with Gasteiger partial charge in [-0.15, -0.1) is 0 Å². The molecule has 0 bridgehead atoms. The molecule has 1 fully saturated rings. The summed E-state index contributed by atoms with van der Waals surface area (Å²) in [5.74, 6) is -4.33. The molecule has 4 rings (SSSR count). The normalized spacial score (nSPS) is 16.1. The van der Waals surface area contributed by atoms with Gasteiger partial charge in [0.1, 0.15) is 31.3 Å². The molecule has 1 saturated heterocycles. The van der Waals surface area contributed by atoms with Crippen LogP contribution in [0.25, 0.3) is 11.1 Å². The molecular formula is C49H72N4O10. The summed E-state index contributed by atoms with van der Waals surface area (Å²) in [6.45, 7) is 9.80. The van der Waals surface area contributed by atoms with E-state index >= 15 is 0 Å². The number of carbonyl (C=O) groups excluding carboxylic acids is 4. The van der Waals surface area contributed by atoms with E-state index in [4.69, 9.17) is 9.47 Å². The number of carboxylic acids is 2. The number of nitrogens with one attached hydrogen (secondary N) is 2. The monoisotopic (exact) mass is 877 g/mol. The van der Waals surface area contributed by atoms with Crippen molar-refractivity contribution in [1.29, 1.82) is 0 Å². The van der Waals surface area contributed by atoms with Crippen LogP contribution in [0.3, 0.4) is 0 Å². The highest BCUT2D eigenvalue weighted by Crippen LogP contribution is 2.44. The van der Waals surface area contributed by atoms with E-state index in [1.165, 1.54) is 41.9 Å². The van der Waals surface area contributed by atoms with E-state index in [9.17, 15) is 39.0 Å². The first-order chi connectivity index (χ1) is 30.2. The van der Waals surface area contributed by atoms with Crippen molar-refractivity contribution in [1.82, 2.24) is 20.4 Å². The summed E-state index contributed by atoms with van der Waals surface area (Å²) in [4.78, 5) is 80.9. The number of hydrogen-bond donors (Lipinski definition) is 4. The summed E-state index contributed by atoms with van der Waals surface area (Å²) in [5.41, 5.74) is 4.29. The number of piperazine rings is 1. The third kappa shape index (κ3) is 15.7. The first kappa shape index (κ1) is 50.7. The Balaban J connectivity index is 1.34. The zero-order valence-electron chi connectivity index (χ0n) is 38.2. The lowest BCUT2D eigenvalue weighted by atomic mass is 9.97. The molecule has 2 aromatic carbocycles. The standard InChI is InChI=1S/C49H72N4O10/c1-6-8-9-10-11-12-13-14-15-20-36(28-44(55)56)63-48(60)46(34(5)7-2)50-30-35(27-33(3)4)51-47(59)42(29-45(57)58)53-26-25-52(31-43(53)54)49(61)62-32-41-39-23-18-16-21-37(39)38-22-17-19-24-40(38)41/h16-19,21-24,33-36,41-42,46,50H,6-15,20,25-32H2,1-5H3,(H,51,59)(H,55,56)(H,57,58)/t34-,35+,36?,42-,46-/m0/s1. The fourth-order valence-corrected chi connectivity index (χ4v) is 8.77. The van der Waals surface area contributed by atoms with Gasteiger partial charge in [-0.25, -0.2) is 4.79 Å². The Bertz CT molecular complexity index is 1770. The van der Waals surface area contributed by atoms with Gasteiger partial charge in [-0.1, -0.05) is 141 Å². The van der Waals surface area contributed by atoms with Gasteiger partial charge in [-0.2, -0.15) is 0 Å². The van der Waals surface area contributed by atoms with E-state index in [2.05, 4.69) is 17.6 Å². The van der Waals surface area contributed by atoms with Crippen molar-refractivity contribution in [2.45, 2.75) is 155 Å². The summed E-state index contributed by atoms with van der Waals surface area (Å²) in [7, 11) is 0. The zero-order valence-corrected chi connectivity index (χ0v) is 38.2. The van der Waals surface area contributed by atoms with Crippen molar-refractivity contribution in [2.24, 2.45) is 11.8 Å². The Labute approximate surface area is 373 Å². The van der Waals surface area contributed by atoms with Gasteiger partial charge >= 0.3 is 24.0 Å². The molecule has 0 saturated carbocycles. The predicted octanol–water partition coefficient (Wildman–Crippen LogP) is 7.77. The van der Waals surface area contributed by atoms with Crippen LogP contribution in [0.5, 0.6) is 0 Å². The highest BCUT2D eigenvalue weighted by atomic mass is 16.6. The van der Waals surface area contributed by atoms with Gasteiger partial charge in [0, 0.05) is 31.6 Å². The molecule has 1 heterocycles. The van der Waals surface area contributed by atoms with Crippen LogP contribution < -0.4 is 10.6 Å². The van der Waals surface area contributed by atoms with E-state index in [1.807, 2.05) is 76.2 Å². The van der Waals surface area contributed by atoms with E-state index in [0.717, 1.165) is 47.9 Å². The number of unbranched alkanes of at least 4 members (excludes halogenated alkanes) is 8. The molecule has 3 amide bonds. The Hall–Kier alpha value is -4.98. The second kappa shape index (κ2) is 26.0. The van der Waals surface area contributed by atoms with Gasteiger partial charge in [0.2, 0.25) is 11.8 Å². The molecule has 2 aliphatic rings. The Morgan fingerprint density at radius 2 is 1.38 bits per heavy atom. The fourth-order valence-electron chi connectivity index (χ4n) is 8.77. The molecule has 14 heteroatoms. The second-order valence-electron chi connectivity index (χ2n) is 17.8. The van der Waals surface area contributed by atoms with Crippen molar-refractivity contribution in [3.63, 3.8) is 0 Å². The van der Waals surface area contributed by atoms with Gasteiger partial charge < -0.3 is 35.2 Å². The number of fused-ring (bicyclic) bond motifs is 3. The molecule has 2 aromatic rings. The number of carboxylic acid groups (broad SMARTS) is 2. The summed E-state index contributed by atoms with van der Waals surface area (Å²) in [6.07, 6.45) is 9.21. The summed E-state index contributed by atoms with van der Waals surface area (Å²) in [5, 5.41) is 25.7. The van der Waals surface area contributed by atoms with Crippen LogP contribution in [0, 0.1) is 11.8 Å². The summed E-state index contributed by atoms with van der Waals surface area (Å²) >= 11 is 0. The quantitative estimate of drug-likeness (QED) is 0.0483. The van der Waals surface area contributed by atoms with Gasteiger partial charge in [-0.05, 0) is 53.4 Å². The summed E-state index contributed by atoms with van der Waals surface area (Å²) < 4.78 is 11.6. The topological polar surface area (TPSA) is 192 Å². The maximum absolute atomic E-state index is 14.0. The maximum Gasteiger partial charge on any atom is 0.410 e. The molecule has 1 unspecified atom stereocenters. The first-order valence-corrected chi connectivity index (χ1v) is 23.3. The first-order valence-electron chi connectivity index (χ1n) is 23.3. The van der Waals surface area contributed by atoms with E-state index in [0.29, 0.717) is 19.3 Å². The SMILES string of the molecule is CCCCCCCCCCCC(CC(=O)O)OC(=O)[C@@H](NC[C@@H](CC(C)C)NC(=O)[C@H](CC(=O)O)N1CCN(C(=O)OCC2c3ccccc3-c3ccccc32)CC1=O)[C@@H](C)CC. The van der Waals surface area contributed by atoms with E-state index < -0.39 is 66.5 Å². The minimum absolute atomic E-state index is 0.0451. The molecule has 0 radical (unpaired) electrons. The molecule has 1 aliphatic heterocycles. The van der Waals surface area contributed by atoms with Crippen LogP contribution in [0.1, 0.15) is 142 Å². The lowest BCUT2D eigenvalue weighted by Crippen LogP contribution is -2.61. The molecule has 1 aliphatic carbocycles. The minimum atomic E-state index is -1.34. The fraction of sp³-hybridized carbons (Fsp3) is 0.633. The number of ether oxygens (including phenoxy) is 2. The highest BCUT2D eigenvalue weighted by Gasteiger charge is 2.39. The number of rotatable bonds is 28. The van der Waals surface area contributed by atoms with Crippen LogP contribution in [-0.2, 0) is 33.4 Å². The van der Waals surface area contributed by atoms with Crippen molar-refractivity contribution in [2.75, 3.05) is 32.8 Å². The van der Waals surface area contributed by atoms with Crippen molar-refractivity contribution in [3.8, 4) is 11.1 Å². The van der Waals surface area contributed by atoms with Crippen LogP contribution >= 0.6 is 0 Å². The van der Waals surface area contributed by atoms with Crippen LogP contribution in [0.4, 0.5) is 4.79 Å². The van der Waals surface area contributed by atoms with Crippen molar-refractivity contribution in [3.05, 3.63) is 59.7 Å². The van der Waals surface area contributed by atoms with Crippen LogP contribution in [0.2, 0.25) is 0 Å². The molecule has 63 heavy (non-hydrogen) atoms. The number of amides is 3. The van der Waals surface area contributed by atoms with Crippen molar-refractivity contribution < 1.29 is 48.5 Å². The lowest BCUT2D eigenvalue weighted by Gasteiger charge is -2.38.